The van der Waals surface area contributed by atoms with Crippen molar-refractivity contribution in [1.82, 2.24) is 15.2 Å². The second kappa shape index (κ2) is 5.07. The molecule has 0 saturated heterocycles. The Balaban J connectivity index is 2.15. The molecule has 0 spiro atoms. The highest BCUT2D eigenvalue weighted by Crippen LogP contribution is 2.20. The molecule has 1 unspecified atom stereocenters. The Bertz CT molecular complexity index is 494. The molecule has 6 nitrogen and oxygen atoms in total. The van der Waals surface area contributed by atoms with Gasteiger partial charge in [0.1, 0.15) is 5.82 Å². The average Bonchev–Trinajstić information content (AvgIpc) is 3.00. The number of H-pyrrole nitrogens is 1. The molecule has 0 saturated carbocycles. The van der Waals surface area contributed by atoms with Gasteiger partial charge in [-0.25, -0.2) is 9.78 Å². The molecule has 1 atom stereocenters. The van der Waals surface area contributed by atoms with Crippen molar-refractivity contribution in [2.75, 3.05) is 6.61 Å². The highest BCUT2D eigenvalue weighted by atomic mass is 32.1. The van der Waals surface area contributed by atoms with E-state index >= 15 is 0 Å². The third-order valence-electron chi connectivity index (χ3n) is 2.11. The number of thiophene rings is 1. The van der Waals surface area contributed by atoms with E-state index < -0.39 is 12.0 Å². The summed E-state index contributed by atoms with van der Waals surface area (Å²) in [6.45, 7) is 2.02. The van der Waals surface area contributed by atoms with Crippen LogP contribution >= 0.6 is 11.3 Å². The molecule has 90 valence electrons. The maximum atomic E-state index is 11.4. The fourth-order valence-corrected chi connectivity index (χ4v) is 2.03. The monoisotopic (exact) mass is 252 g/mol. The second-order valence-corrected chi connectivity index (χ2v) is 4.24. The number of rotatable bonds is 4. The maximum absolute atomic E-state index is 11.4. The predicted octanol–water partition coefficient (Wildman–Crippen LogP) is 1.09. The van der Waals surface area contributed by atoms with Crippen molar-refractivity contribution in [3.8, 4) is 0 Å². The zero-order valence-corrected chi connectivity index (χ0v) is 10.0. The predicted molar refractivity (Wildman–Crippen MR) is 62.7 cm³/mol. The number of nitrogens with zero attached hydrogens (tertiary/aromatic N) is 2. The van der Waals surface area contributed by atoms with E-state index in [0.717, 1.165) is 4.88 Å². The van der Waals surface area contributed by atoms with Gasteiger partial charge in [0, 0.05) is 4.88 Å². The molecule has 2 rings (SSSR count). The van der Waals surface area contributed by atoms with Crippen LogP contribution in [0.5, 0.6) is 0 Å². The number of nitrogens with two attached hydrogens (primary N) is 1. The first-order valence-electron chi connectivity index (χ1n) is 5.10. The summed E-state index contributed by atoms with van der Waals surface area (Å²) in [6, 6.07) is 3.41. The Morgan fingerprint density at radius 2 is 2.53 bits per heavy atom. The van der Waals surface area contributed by atoms with Crippen molar-refractivity contribution >= 4 is 17.3 Å². The van der Waals surface area contributed by atoms with Crippen molar-refractivity contribution in [2.45, 2.75) is 13.0 Å². The first-order chi connectivity index (χ1) is 8.22. The van der Waals surface area contributed by atoms with Gasteiger partial charge in [-0.1, -0.05) is 6.07 Å². The Hall–Kier alpha value is -1.73. The number of esters is 1. The molecule has 0 radical (unpaired) electrons. The van der Waals surface area contributed by atoms with E-state index in [1.807, 2.05) is 17.5 Å². The zero-order chi connectivity index (χ0) is 12.3. The van der Waals surface area contributed by atoms with Gasteiger partial charge in [0.15, 0.2) is 0 Å². The number of hydrogen-bond acceptors (Lipinski definition) is 6. The maximum Gasteiger partial charge on any atom is 0.378 e. The van der Waals surface area contributed by atoms with E-state index in [1.165, 1.54) is 11.3 Å². The lowest BCUT2D eigenvalue weighted by atomic mass is 10.2. The van der Waals surface area contributed by atoms with Crippen LogP contribution in [0.25, 0.3) is 0 Å². The summed E-state index contributed by atoms with van der Waals surface area (Å²) in [7, 11) is 0. The summed E-state index contributed by atoms with van der Waals surface area (Å²) in [6.07, 6.45) is 0. The van der Waals surface area contributed by atoms with Gasteiger partial charge in [-0.3, -0.25) is 5.10 Å². The Labute approximate surface area is 102 Å². The van der Waals surface area contributed by atoms with E-state index in [-0.39, 0.29) is 5.82 Å². The van der Waals surface area contributed by atoms with Crippen LogP contribution in [0.2, 0.25) is 0 Å². The fourth-order valence-electron chi connectivity index (χ4n) is 1.30. The molecule has 17 heavy (non-hydrogen) atoms. The number of hydrogen-bond donors (Lipinski definition) is 2. The van der Waals surface area contributed by atoms with Gasteiger partial charge < -0.3 is 10.5 Å². The Morgan fingerprint density at radius 3 is 3.18 bits per heavy atom. The Morgan fingerprint density at radius 1 is 1.71 bits per heavy atom. The van der Waals surface area contributed by atoms with Gasteiger partial charge in [0.2, 0.25) is 0 Å². The van der Waals surface area contributed by atoms with Gasteiger partial charge in [-0.2, -0.15) is 0 Å². The first kappa shape index (κ1) is 11.7. The van der Waals surface area contributed by atoms with Gasteiger partial charge in [-0.15, -0.1) is 16.4 Å². The second-order valence-electron chi connectivity index (χ2n) is 3.26. The van der Waals surface area contributed by atoms with Crippen LogP contribution < -0.4 is 5.73 Å². The van der Waals surface area contributed by atoms with E-state index in [0.29, 0.717) is 12.4 Å². The van der Waals surface area contributed by atoms with Gasteiger partial charge >= 0.3 is 5.97 Å². The number of nitrogens with one attached hydrogen (secondary N) is 1. The summed E-state index contributed by atoms with van der Waals surface area (Å²) in [4.78, 5) is 16.3. The quantitative estimate of drug-likeness (QED) is 0.794. The number of aromatic amines is 1. The molecule has 0 amide bonds. The van der Waals surface area contributed by atoms with Crippen molar-refractivity contribution in [2.24, 2.45) is 5.73 Å². The lowest BCUT2D eigenvalue weighted by Crippen LogP contribution is -2.12. The highest BCUT2D eigenvalue weighted by molar-refractivity contribution is 7.10. The molecule has 3 N–H and O–H groups in total. The zero-order valence-electron chi connectivity index (χ0n) is 9.21. The molecule has 2 aromatic rings. The summed E-state index contributed by atoms with van der Waals surface area (Å²) >= 11 is 1.52. The van der Waals surface area contributed by atoms with Crippen molar-refractivity contribution in [3.05, 3.63) is 34.0 Å². The largest absolute Gasteiger partial charge is 0.460 e. The van der Waals surface area contributed by atoms with Crippen LogP contribution in [0, 0.1) is 0 Å². The number of carbonyl (C=O) groups is 1. The standard InChI is InChI=1S/C10H12N4O2S/c1-2-16-10(15)9-12-8(13-14-9)7(11)6-4-3-5-17-6/h3-5,7H,2,11H2,1H3,(H,12,13,14). The summed E-state index contributed by atoms with van der Waals surface area (Å²) in [5, 5.41) is 8.36. The summed E-state index contributed by atoms with van der Waals surface area (Å²) < 4.78 is 4.79. The molecule has 2 aromatic heterocycles. The average molecular weight is 252 g/mol. The molecule has 2 heterocycles. The van der Waals surface area contributed by atoms with E-state index in [4.69, 9.17) is 10.5 Å². The first-order valence-corrected chi connectivity index (χ1v) is 5.98. The molecule has 0 bridgehead atoms. The van der Waals surface area contributed by atoms with E-state index in [2.05, 4.69) is 15.2 Å². The molecule has 7 heteroatoms. The molecular weight excluding hydrogens is 240 g/mol. The van der Waals surface area contributed by atoms with Gasteiger partial charge in [0.25, 0.3) is 5.82 Å². The number of carbonyl (C=O) groups excluding carboxylic acids is 1. The molecule has 0 aliphatic rings. The number of ether oxygens (including phenoxy) is 1. The topological polar surface area (TPSA) is 93.9 Å². The summed E-state index contributed by atoms with van der Waals surface area (Å²) in [5.41, 5.74) is 5.97. The molecule has 0 aromatic carbocycles. The van der Waals surface area contributed by atoms with Crippen LogP contribution in [-0.2, 0) is 4.74 Å². The smallest absolute Gasteiger partial charge is 0.378 e. The molecule has 0 aliphatic carbocycles. The van der Waals surface area contributed by atoms with Crippen LogP contribution in [0.4, 0.5) is 0 Å². The van der Waals surface area contributed by atoms with Crippen LogP contribution in [0.1, 0.15) is 34.3 Å². The van der Waals surface area contributed by atoms with Crippen molar-refractivity contribution in [1.29, 1.82) is 0 Å². The fraction of sp³-hybridized carbons (Fsp3) is 0.300. The van der Waals surface area contributed by atoms with E-state index in [9.17, 15) is 4.79 Å². The molecule has 0 aliphatic heterocycles. The van der Waals surface area contributed by atoms with Crippen LogP contribution in [0.3, 0.4) is 0 Å². The van der Waals surface area contributed by atoms with Crippen LogP contribution in [-0.4, -0.2) is 27.8 Å². The lowest BCUT2D eigenvalue weighted by Gasteiger charge is -2.03. The number of aromatic nitrogens is 3. The third-order valence-corrected chi connectivity index (χ3v) is 3.06. The SMILES string of the molecule is CCOC(=O)c1n[nH]c(C(N)c2cccs2)n1. The van der Waals surface area contributed by atoms with Crippen LogP contribution in [0.15, 0.2) is 17.5 Å². The van der Waals surface area contributed by atoms with Gasteiger partial charge in [-0.05, 0) is 18.4 Å². The third kappa shape index (κ3) is 2.51. The van der Waals surface area contributed by atoms with E-state index in [1.54, 1.807) is 6.92 Å². The minimum Gasteiger partial charge on any atom is -0.460 e. The Kier molecular flexibility index (Phi) is 3.50. The minimum atomic E-state index is -0.548. The normalized spacial score (nSPS) is 12.4. The minimum absolute atomic E-state index is 0.00820. The highest BCUT2D eigenvalue weighted by Gasteiger charge is 2.18. The molecular formula is C10H12N4O2S. The lowest BCUT2D eigenvalue weighted by molar-refractivity contribution is 0.0512. The summed E-state index contributed by atoms with van der Waals surface area (Å²) in [5.74, 6) is -0.0854. The van der Waals surface area contributed by atoms with Crippen molar-refractivity contribution < 1.29 is 9.53 Å². The molecule has 0 fully saturated rings. The van der Waals surface area contributed by atoms with Crippen molar-refractivity contribution in [3.63, 3.8) is 0 Å². The van der Waals surface area contributed by atoms with Gasteiger partial charge in [0.05, 0.1) is 12.6 Å².